The van der Waals surface area contributed by atoms with Gasteiger partial charge < -0.3 is 10.2 Å². The standard InChI is InChI=1S/C14H13Cl2N3O/c1-19(9-10-3-2-6-17-8-10)14(20)18-13-5-4-11(15)7-12(13)16/h2-8H,9H2,1H3,(H,18,20). The second kappa shape index (κ2) is 6.59. The molecule has 0 saturated heterocycles. The van der Waals surface area contributed by atoms with E-state index in [2.05, 4.69) is 10.3 Å². The Labute approximate surface area is 127 Å². The van der Waals surface area contributed by atoms with Gasteiger partial charge in [-0.25, -0.2) is 4.79 Å². The van der Waals surface area contributed by atoms with E-state index in [1.807, 2.05) is 12.1 Å². The van der Waals surface area contributed by atoms with Gasteiger partial charge in [-0.2, -0.15) is 0 Å². The summed E-state index contributed by atoms with van der Waals surface area (Å²) in [5.41, 5.74) is 1.48. The first kappa shape index (κ1) is 14.6. The van der Waals surface area contributed by atoms with Crippen molar-refractivity contribution in [2.24, 2.45) is 0 Å². The molecule has 0 aliphatic carbocycles. The largest absolute Gasteiger partial charge is 0.323 e. The molecule has 104 valence electrons. The third-order valence-electron chi connectivity index (χ3n) is 2.66. The van der Waals surface area contributed by atoms with Crippen LogP contribution in [0.25, 0.3) is 0 Å². The zero-order valence-electron chi connectivity index (χ0n) is 10.8. The minimum Gasteiger partial charge on any atom is -0.323 e. The zero-order chi connectivity index (χ0) is 14.5. The lowest BCUT2D eigenvalue weighted by Crippen LogP contribution is -2.30. The minimum atomic E-state index is -0.252. The molecule has 0 fully saturated rings. The predicted octanol–water partition coefficient (Wildman–Crippen LogP) is 4.05. The van der Waals surface area contributed by atoms with Gasteiger partial charge in [0.1, 0.15) is 0 Å². The number of urea groups is 1. The van der Waals surface area contributed by atoms with Gasteiger partial charge in [0.15, 0.2) is 0 Å². The van der Waals surface area contributed by atoms with Crippen molar-refractivity contribution in [1.82, 2.24) is 9.88 Å². The van der Waals surface area contributed by atoms with Gasteiger partial charge in [-0.3, -0.25) is 4.98 Å². The number of halogens is 2. The Morgan fingerprint density at radius 2 is 2.15 bits per heavy atom. The van der Waals surface area contributed by atoms with Crippen molar-refractivity contribution < 1.29 is 4.79 Å². The predicted molar refractivity (Wildman–Crippen MR) is 81.2 cm³/mol. The van der Waals surface area contributed by atoms with Crippen LogP contribution >= 0.6 is 23.2 Å². The summed E-state index contributed by atoms with van der Waals surface area (Å²) >= 11 is 11.8. The van der Waals surface area contributed by atoms with E-state index in [0.29, 0.717) is 22.3 Å². The van der Waals surface area contributed by atoms with E-state index in [1.54, 1.807) is 42.5 Å². The molecule has 1 N–H and O–H groups in total. The number of nitrogens with zero attached hydrogens (tertiary/aromatic N) is 2. The number of nitrogens with one attached hydrogen (secondary N) is 1. The van der Waals surface area contributed by atoms with E-state index >= 15 is 0 Å². The van der Waals surface area contributed by atoms with Crippen LogP contribution in [-0.4, -0.2) is 23.0 Å². The molecule has 20 heavy (non-hydrogen) atoms. The first-order valence-electron chi connectivity index (χ1n) is 5.92. The number of carbonyl (C=O) groups is 1. The number of hydrogen-bond acceptors (Lipinski definition) is 2. The molecule has 0 atom stereocenters. The van der Waals surface area contributed by atoms with Crippen LogP contribution in [-0.2, 0) is 6.54 Å². The van der Waals surface area contributed by atoms with Gasteiger partial charge in [0.2, 0.25) is 0 Å². The van der Waals surface area contributed by atoms with Gasteiger partial charge in [0.25, 0.3) is 0 Å². The van der Waals surface area contributed by atoms with Crippen LogP contribution in [0.4, 0.5) is 10.5 Å². The smallest absolute Gasteiger partial charge is 0.321 e. The molecule has 4 nitrogen and oxygen atoms in total. The average Bonchev–Trinajstić information content (AvgIpc) is 2.43. The number of rotatable bonds is 3. The van der Waals surface area contributed by atoms with Crippen molar-refractivity contribution in [1.29, 1.82) is 0 Å². The van der Waals surface area contributed by atoms with Crippen LogP contribution in [0.2, 0.25) is 10.0 Å². The summed E-state index contributed by atoms with van der Waals surface area (Å²) in [6.45, 7) is 0.463. The van der Waals surface area contributed by atoms with Crippen LogP contribution in [0.3, 0.4) is 0 Å². The topological polar surface area (TPSA) is 45.2 Å². The Balaban J connectivity index is 2.01. The summed E-state index contributed by atoms with van der Waals surface area (Å²) in [7, 11) is 1.70. The van der Waals surface area contributed by atoms with E-state index in [1.165, 1.54) is 0 Å². The van der Waals surface area contributed by atoms with Gasteiger partial charge in [-0.05, 0) is 29.8 Å². The normalized spacial score (nSPS) is 10.2. The van der Waals surface area contributed by atoms with Crippen molar-refractivity contribution in [3.8, 4) is 0 Å². The summed E-state index contributed by atoms with van der Waals surface area (Å²) in [4.78, 5) is 17.6. The van der Waals surface area contributed by atoms with Crippen LogP contribution in [0.15, 0.2) is 42.7 Å². The highest BCUT2D eigenvalue weighted by Gasteiger charge is 2.11. The molecule has 1 heterocycles. The van der Waals surface area contributed by atoms with E-state index in [4.69, 9.17) is 23.2 Å². The van der Waals surface area contributed by atoms with Crippen LogP contribution < -0.4 is 5.32 Å². The molecule has 0 unspecified atom stereocenters. The van der Waals surface area contributed by atoms with Gasteiger partial charge >= 0.3 is 6.03 Å². The third-order valence-corrected chi connectivity index (χ3v) is 3.21. The number of amides is 2. The summed E-state index contributed by atoms with van der Waals surface area (Å²) in [5, 5.41) is 3.66. The first-order valence-corrected chi connectivity index (χ1v) is 6.68. The fourth-order valence-corrected chi connectivity index (χ4v) is 2.09. The number of aromatic nitrogens is 1. The summed E-state index contributed by atoms with van der Waals surface area (Å²) < 4.78 is 0. The molecule has 0 saturated carbocycles. The number of carbonyl (C=O) groups excluding carboxylic acids is 1. The highest BCUT2D eigenvalue weighted by atomic mass is 35.5. The number of pyridine rings is 1. The Hall–Kier alpha value is -1.78. The fourth-order valence-electron chi connectivity index (χ4n) is 1.64. The van der Waals surface area contributed by atoms with Gasteiger partial charge in [-0.1, -0.05) is 29.3 Å². The number of benzene rings is 1. The van der Waals surface area contributed by atoms with Crippen molar-refractivity contribution in [2.75, 3.05) is 12.4 Å². The van der Waals surface area contributed by atoms with Gasteiger partial charge in [-0.15, -0.1) is 0 Å². The Morgan fingerprint density at radius 1 is 1.35 bits per heavy atom. The average molecular weight is 310 g/mol. The molecule has 2 amide bonds. The highest BCUT2D eigenvalue weighted by Crippen LogP contribution is 2.25. The van der Waals surface area contributed by atoms with Crippen molar-refractivity contribution >= 4 is 34.9 Å². The summed E-state index contributed by atoms with van der Waals surface area (Å²) in [6, 6.07) is 8.41. The van der Waals surface area contributed by atoms with Crippen LogP contribution in [0.1, 0.15) is 5.56 Å². The fraction of sp³-hybridized carbons (Fsp3) is 0.143. The lowest BCUT2D eigenvalue weighted by atomic mass is 10.3. The molecular formula is C14H13Cl2N3O. The van der Waals surface area contributed by atoms with E-state index in [9.17, 15) is 4.79 Å². The maximum Gasteiger partial charge on any atom is 0.321 e. The molecule has 6 heteroatoms. The molecule has 0 spiro atoms. The number of anilines is 1. The Morgan fingerprint density at radius 3 is 2.80 bits per heavy atom. The van der Waals surface area contributed by atoms with E-state index in [-0.39, 0.29) is 6.03 Å². The molecule has 2 rings (SSSR count). The molecule has 0 aliphatic rings. The molecule has 2 aromatic rings. The lowest BCUT2D eigenvalue weighted by molar-refractivity contribution is 0.220. The van der Waals surface area contributed by atoms with E-state index < -0.39 is 0 Å². The van der Waals surface area contributed by atoms with Crippen molar-refractivity contribution in [2.45, 2.75) is 6.54 Å². The molecule has 1 aromatic carbocycles. The summed E-state index contributed by atoms with van der Waals surface area (Å²) in [5.74, 6) is 0. The lowest BCUT2D eigenvalue weighted by Gasteiger charge is -2.18. The second-order valence-electron chi connectivity index (χ2n) is 4.27. The van der Waals surface area contributed by atoms with Crippen molar-refractivity contribution in [3.05, 3.63) is 58.3 Å². The molecular weight excluding hydrogens is 297 g/mol. The molecule has 0 bridgehead atoms. The van der Waals surface area contributed by atoms with Gasteiger partial charge in [0, 0.05) is 31.0 Å². The van der Waals surface area contributed by atoms with Crippen LogP contribution in [0.5, 0.6) is 0 Å². The molecule has 0 aliphatic heterocycles. The zero-order valence-corrected chi connectivity index (χ0v) is 12.3. The van der Waals surface area contributed by atoms with Gasteiger partial charge in [0.05, 0.1) is 10.7 Å². The minimum absolute atomic E-state index is 0.252. The molecule has 1 aromatic heterocycles. The quantitative estimate of drug-likeness (QED) is 0.929. The summed E-state index contributed by atoms with van der Waals surface area (Å²) in [6.07, 6.45) is 3.41. The Bertz CT molecular complexity index is 605. The second-order valence-corrected chi connectivity index (χ2v) is 5.12. The van der Waals surface area contributed by atoms with Crippen LogP contribution in [0, 0.1) is 0 Å². The van der Waals surface area contributed by atoms with Crippen molar-refractivity contribution in [3.63, 3.8) is 0 Å². The first-order chi connectivity index (χ1) is 9.56. The highest BCUT2D eigenvalue weighted by molar-refractivity contribution is 6.36. The number of hydrogen-bond donors (Lipinski definition) is 1. The SMILES string of the molecule is CN(Cc1cccnc1)C(=O)Nc1ccc(Cl)cc1Cl. The Kier molecular flexibility index (Phi) is 4.82. The third kappa shape index (κ3) is 3.85. The van der Waals surface area contributed by atoms with E-state index in [0.717, 1.165) is 5.56 Å². The molecule has 0 radical (unpaired) electrons. The maximum absolute atomic E-state index is 12.1. The monoisotopic (exact) mass is 309 g/mol. The maximum atomic E-state index is 12.1.